The standard InChI is InChI=1S/C22H40N2O4S4/c1-3-5-11-25-17-19-15-23(9-7-13-27-19)21(29)31-32-22(30)24-10-8-14-28-20(16-24)18-26-12-6-4-2/h19-20H,3-18H2,1-2H3. The topological polar surface area (TPSA) is 43.4 Å². The first-order valence-electron chi connectivity index (χ1n) is 11.9. The second-order valence-corrected chi connectivity index (χ2v) is 11.5. The van der Waals surface area contributed by atoms with Crippen LogP contribution >= 0.6 is 46.0 Å². The molecule has 0 aromatic heterocycles. The quantitative estimate of drug-likeness (QED) is 0.227. The highest BCUT2D eigenvalue weighted by atomic mass is 33.1. The molecule has 0 bridgehead atoms. The normalized spacial score (nSPS) is 22.4. The third-order valence-electron chi connectivity index (χ3n) is 5.29. The van der Waals surface area contributed by atoms with Crippen molar-refractivity contribution in [3.05, 3.63) is 0 Å². The van der Waals surface area contributed by atoms with Gasteiger partial charge in [-0.1, -0.05) is 51.1 Å². The first kappa shape index (κ1) is 28.6. The Hall–Kier alpha value is 0.320. The van der Waals surface area contributed by atoms with Gasteiger partial charge in [0, 0.05) is 52.6 Å². The summed E-state index contributed by atoms with van der Waals surface area (Å²) in [5, 5.41) is 0. The number of hydrogen-bond acceptors (Lipinski definition) is 8. The number of hydrogen-bond donors (Lipinski definition) is 0. The maximum Gasteiger partial charge on any atom is 0.147 e. The lowest BCUT2D eigenvalue weighted by molar-refractivity contribution is -0.0124. The summed E-state index contributed by atoms with van der Waals surface area (Å²) in [6.45, 7) is 12.1. The van der Waals surface area contributed by atoms with E-state index in [9.17, 15) is 0 Å². The maximum atomic E-state index is 5.96. The van der Waals surface area contributed by atoms with Crippen molar-refractivity contribution in [2.75, 3.05) is 65.8 Å². The summed E-state index contributed by atoms with van der Waals surface area (Å²) in [5.41, 5.74) is 0. The van der Waals surface area contributed by atoms with Crippen LogP contribution in [0, 0.1) is 0 Å². The van der Waals surface area contributed by atoms with Crippen LogP contribution in [0.25, 0.3) is 0 Å². The van der Waals surface area contributed by atoms with E-state index < -0.39 is 0 Å². The summed E-state index contributed by atoms with van der Waals surface area (Å²) < 4.78 is 25.2. The minimum absolute atomic E-state index is 0.0704. The third-order valence-corrected chi connectivity index (χ3v) is 9.02. The van der Waals surface area contributed by atoms with Crippen LogP contribution in [0.15, 0.2) is 0 Å². The smallest absolute Gasteiger partial charge is 0.147 e. The molecular formula is C22H40N2O4S4. The molecule has 0 spiro atoms. The number of unbranched alkanes of at least 4 members (excludes halogenated alkanes) is 2. The molecule has 0 radical (unpaired) electrons. The molecule has 0 N–H and O–H groups in total. The van der Waals surface area contributed by atoms with E-state index in [2.05, 4.69) is 23.6 Å². The van der Waals surface area contributed by atoms with E-state index in [1.54, 1.807) is 21.6 Å². The van der Waals surface area contributed by atoms with Crippen LogP contribution in [0.2, 0.25) is 0 Å². The predicted molar refractivity (Wildman–Crippen MR) is 144 cm³/mol. The van der Waals surface area contributed by atoms with Crippen LogP contribution in [0.5, 0.6) is 0 Å². The van der Waals surface area contributed by atoms with Crippen LogP contribution in [0.3, 0.4) is 0 Å². The minimum Gasteiger partial charge on any atom is -0.379 e. The van der Waals surface area contributed by atoms with E-state index in [-0.39, 0.29) is 12.2 Å². The zero-order chi connectivity index (χ0) is 23.0. The van der Waals surface area contributed by atoms with Gasteiger partial charge in [-0.05, 0) is 47.3 Å². The molecule has 0 amide bonds. The summed E-state index contributed by atoms with van der Waals surface area (Å²) in [5.74, 6) is 0. The monoisotopic (exact) mass is 524 g/mol. The fraction of sp³-hybridized carbons (Fsp3) is 0.909. The average Bonchev–Trinajstić information content (AvgIpc) is 3.19. The second kappa shape index (κ2) is 17.7. The van der Waals surface area contributed by atoms with Gasteiger partial charge < -0.3 is 28.7 Å². The van der Waals surface area contributed by atoms with E-state index in [1.165, 1.54) is 0 Å². The molecule has 0 aliphatic carbocycles. The van der Waals surface area contributed by atoms with Crippen LogP contribution < -0.4 is 0 Å². The Balaban J connectivity index is 1.74. The number of ether oxygens (including phenoxy) is 4. The predicted octanol–water partition coefficient (Wildman–Crippen LogP) is 4.75. The van der Waals surface area contributed by atoms with Crippen molar-refractivity contribution in [3.63, 3.8) is 0 Å². The zero-order valence-corrected chi connectivity index (χ0v) is 22.9. The molecular weight excluding hydrogens is 485 g/mol. The number of thiocarbonyl (C=S) groups is 2. The number of nitrogens with zero attached hydrogens (tertiary/aromatic N) is 2. The van der Waals surface area contributed by atoms with E-state index in [0.29, 0.717) is 13.2 Å². The zero-order valence-electron chi connectivity index (χ0n) is 19.6. The average molecular weight is 525 g/mol. The van der Waals surface area contributed by atoms with Gasteiger partial charge in [0.2, 0.25) is 0 Å². The Morgan fingerprint density at radius 2 is 1.25 bits per heavy atom. The first-order chi connectivity index (χ1) is 15.6. The summed E-state index contributed by atoms with van der Waals surface area (Å²) in [7, 11) is 3.17. The van der Waals surface area contributed by atoms with E-state index >= 15 is 0 Å². The molecule has 10 heteroatoms. The van der Waals surface area contributed by atoms with Crippen LogP contribution in [0.4, 0.5) is 0 Å². The fourth-order valence-corrected chi connectivity index (χ4v) is 6.11. The van der Waals surface area contributed by atoms with Crippen molar-refractivity contribution >= 4 is 54.7 Å². The van der Waals surface area contributed by atoms with Gasteiger partial charge in [-0.15, -0.1) is 0 Å². The Morgan fingerprint density at radius 3 is 1.66 bits per heavy atom. The fourth-order valence-electron chi connectivity index (χ4n) is 3.42. The molecule has 2 aliphatic heterocycles. The summed E-state index contributed by atoms with van der Waals surface area (Å²) >= 11 is 11.5. The molecule has 2 atom stereocenters. The lowest BCUT2D eigenvalue weighted by Crippen LogP contribution is -2.37. The van der Waals surface area contributed by atoms with Crippen LogP contribution in [0.1, 0.15) is 52.4 Å². The molecule has 0 aromatic rings. The molecule has 32 heavy (non-hydrogen) atoms. The highest BCUT2D eigenvalue weighted by Gasteiger charge is 2.24. The molecule has 6 nitrogen and oxygen atoms in total. The molecule has 2 aliphatic rings. The molecule has 0 saturated carbocycles. The van der Waals surface area contributed by atoms with Crippen molar-refractivity contribution in [2.24, 2.45) is 0 Å². The van der Waals surface area contributed by atoms with Gasteiger partial charge in [0.15, 0.2) is 0 Å². The van der Waals surface area contributed by atoms with Gasteiger partial charge in [-0.2, -0.15) is 0 Å². The Bertz CT molecular complexity index is 498. The van der Waals surface area contributed by atoms with E-state index in [4.69, 9.17) is 43.4 Å². The van der Waals surface area contributed by atoms with Gasteiger partial charge in [-0.3, -0.25) is 0 Å². The van der Waals surface area contributed by atoms with Gasteiger partial charge in [0.05, 0.1) is 25.4 Å². The third kappa shape index (κ3) is 11.6. The first-order valence-corrected chi connectivity index (χ1v) is 14.9. The molecule has 2 unspecified atom stereocenters. The highest BCUT2D eigenvalue weighted by Crippen LogP contribution is 2.30. The summed E-state index contributed by atoms with van der Waals surface area (Å²) in [4.78, 5) is 4.48. The highest BCUT2D eigenvalue weighted by molar-refractivity contribution is 8.89. The van der Waals surface area contributed by atoms with Crippen LogP contribution in [-0.4, -0.2) is 96.5 Å². The van der Waals surface area contributed by atoms with Gasteiger partial charge in [0.1, 0.15) is 8.64 Å². The molecule has 2 rings (SSSR count). The van der Waals surface area contributed by atoms with Crippen LogP contribution in [-0.2, 0) is 18.9 Å². The lowest BCUT2D eigenvalue weighted by Gasteiger charge is -2.27. The molecule has 0 aromatic carbocycles. The summed E-state index contributed by atoms with van der Waals surface area (Å²) in [6.07, 6.45) is 6.56. The van der Waals surface area contributed by atoms with Gasteiger partial charge >= 0.3 is 0 Å². The molecule has 2 heterocycles. The minimum atomic E-state index is 0.0704. The Kier molecular flexibility index (Phi) is 15.8. The van der Waals surface area contributed by atoms with Gasteiger partial charge in [-0.25, -0.2) is 0 Å². The van der Waals surface area contributed by atoms with E-state index in [1.807, 2.05) is 0 Å². The Labute approximate surface area is 213 Å². The lowest BCUT2D eigenvalue weighted by atomic mass is 10.3. The number of rotatable bonds is 10. The Morgan fingerprint density at radius 1 is 0.812 bits per heavy atom. The SMILES string of the molecule is CCCCOCC1CN(C(=S)SSC(=S)N2CCCOC(COCCCC)C2)CCCO1. The second-order valence-electron chi connectivity index (χ2n) is 8.14. The molecule has 2 saturated heterocycles. The van der Waals surface area contributed by atoms with Crippen molar-refractivity contribution in [2.45, 2.75) is 64.6 Å². The maximum absolute atomic E-state index is 5.96. The van der Waals surface area contributed by atoms with E-state index in [0.717, 1.165) is 99.8 Å². The van der Waals surface area contributed by atoms with Crippen molar-refractivity contribution in [1.29, 1.82) is 0 Å². The summed E-state index contributed by atoms with van der Waals surface area (Å²) in [6, 6.07) is 0. The largest absolute Gasteiger partial charge is 0.379 e. The van der Waals surface area contributed by atoms with Crippen molar-refractivity contribution in [1.82, 2.24) is 9.80 Å². The molecule has 2 fully saturated rings. The van der Waals surface area contributed by atoms with Crippen molar-refractivity contribution in [3.8, 4) is 0 Å². The molecule has 186 valence electrons. The van der Waals surface area contributed by atoms with Crippen molar-refractivity contribution < 1.29 is 18.9 Å². The van der Waals surface area contributed by atoms with Gasteiger partial charge in [0.25, 0.3) is 0 Å².